The smallest absolute Gasteiger partial charge is 0.229 e. The molecule has 0 N–H and O–H groups in total. The molecule has 1 aliphatic rings. The number of alkyl halides is 1. The van der Waals surface area contributed by atoms with Crippen molar-refractivity contribution in [2.24, 2.45) is 0 Å². The van der Waals surface area contributed by atoms with E-state index in [1.54, 1.807) is 11.0 Å². The third-order valence-electron chi connectivity index (χ3n) is 2.37. The van der Waals surface area contributed by atoms with Crippen LogP contribution in [0.3, 0.4) is 0 Å². The van der Waals surface area contributed by atoms with Crippen LogP contribution in [0.2, 0.25) is 5.15 Å². The summed E-state index contributed by atoms with van der Waals surface area (Å²) in [6, 6.07) is 3.63. The SMILES string of the molecule is Cc1ccc(N2CC(Cl)CC2=O)nc1Cl. The summed E-state index contributed by atoms with van der Waals surface area (Å²) in [6.07, 6.45) is 0.370. The fourth-order valence-corrected chi connectivity index (χ4v) is 1.95. The maximum atomic E-state index is 11.5. The van der Waals surface area contributed by atoms with Crippen LogP contribution in [0.15, 0.2) is 12.1 Å². The molecule has 1 fully saturated rings. The average Bonchev–Trinajstić information content (AvgIpc) is 2.50. The van der Waals surface area contributed by atoms with Gasteiger partial charge < -0.3 is 0 Å². The van der Waals surface area contributed by atoms with Gasteiger partial charge in [-0.15, -0.1) is 11.6 Å². The quantitative estimate of drug-likeness (QED) is 0.562. The zero-order valence-corrected chi connectivity index (χ0v) is 9.72. The van der Waals surface area contributed by atoms with Crippen LogP contribution in [0.25, 0.3) is 0 Å². The van der Waals surface area contributed by atoms with E-state index in [1.165, 1.54) is 0 Å². The first-order valence-electron chi connectivity index (χ1n) is 4.65. The van der Waals surface area contributed by atoms with Gasteiger partial charge in [-0.25, -0.2) is 4.98 Å². The zero-order valence-electron chi connectivity index (χ0n) is 8.20. The lowest BCUT2D eigenvalue weighted by Gasteiger charge is -2.15. The Morgan fingerprint density at radius 3 is 2.80 bits per heavy atom. The summed E-state index contributed by atoms with van der Waals surface area (Å²) in [4.78, 5) is 17.3. The Kier molecular flexibility index (Phi) is 2.85. The number of halogens is 2. The monoisotopic (exact) mass is 244 g/mol. The van der Waals surface area contributed by atoms with Crippen molar-refractivity contribution in [2.75, 3.05) is 11.4 Å². The van der Waals surface area contributed by atoms with Gasteiger partial charge in [-0.3, -0.25) is 9.69 Å². The van der Waals surface area contributed by atoms with Crippen LogP contribution in [0.5, 0.6) is 0 Å². The van der Waals surface area contributed by atoms with Gasteiger partial charge in [0, 0.05) is 13.0 Å². The van der Waals surface area contributed by atoms with Crippen LogP contribution in [0.4, 0.5) is 5.82 Å². The van der Waals surface area contributed by atoms with E-state index in [1.807, 2.05) is 13.0 Å². The van der Waals surface area contributed by atoms with Crippen LogP contribution < -0.4 is 4.90 Å². The number of aryl methyl sites for hydroxylation is 1. The minimum atomic E-state index is -0.126. The molecule has 1 atom stereocenters. The zero-order chi connectivity index (χ0) is 11.0. The highest BCUT2D eigenvalue weighted by Gasteiger charge is 2.29. The van der Waals surface area contributed by atoms with Crippen LogP contribution in [-0.4, -0.2) is 22.8 Å². The van der Waals surface area contributed by atoms with Gasteiger partial charge in [-0.2, -0.15) is 0 Å². The normalized spacial score (nSPS) is 21.1. The lowest BCUT2D eigenvalue weighted by molar-refractivity contribution is -0.117. The van der Waals surface area contributed by atoms with Gasteiger partial charge in [0.15, 0.2) is 0 Å². The molecule has 5 heteroatoms. The summed E-state index contributed by atoms with van der Waals surface area (Å²) in [7, 11) is 0. The molecule has 15 heavy (non-hydrogen) atoms. The standard InChI is InChI=1S/C10H10Cl2N2O/c1-6-2-3-8(13-10(6)12)14-5-7(11)4-9(14)15/h2-3,7H,4-5H2,1H3. The van der Waals surface area contributed by atoms with E-state index in [2.05, 4.69) is 4.98 Å². The molecule has 1 aromatic rings. The fourth-order valence-electron chi connectivity index (χ4n) is 1.53. The summed E-state index contributed by atoms with van der Waals surface area (Å²) in [5.41, 5.74) is 0.898. The molecule has 1 amide bonds. The van der Waals surface area contributed by atoms with Gasteiger partial charge in [-0.05, 0) is 18.6 Å². The summed E-state index contributed by atoms with van der Waals surface area (Å²) >= 11 is 11.8. The number of hydrogen-bond acceptors (Lipinski definition) is 2. The molecule has 80 valence electrons. The molecular formula is C10H10Cl2N2O. The second kappa shape index (κ2) is 3.99. The van der Waals surface area contributed by atoms with Crippen molar-refractivity contribution >= 4 is 34.9 Å². The van der Waals surface area contributed by atoms with Crippen LogP contribution >= 0.6 is 23.2 Å². The molecule has 0 spiro atoms. The first kappa shape index (κ1) is 10.7. The highest BCUT2D eigenvalue weighted by atomic mass is 35.5. The number of carbonyl (C=O) groups is 1. The molecule has 0 saturated carbocycles. The van der Waals surface area contributed by atoms with Gasteiger partial charge >= 0.3 is 0 Å². The fraction of sp³-hybridized carbons (Fsp3) is 0.400. The number of amides is 1. The van der Waals surface area contributed by atoms with Gasteiger partial charge in [0.1, 0.15) is 11.0 Å². The Labute approximate surface area is 98.0 Å². The van der Waals surface area contributed by atoms with Gasteiger partial charge in [0.25, 0.3) is 0 Å². The van der Waals surface area contributed by atoms with E-state index in [-0.39, 0.29) is 11.3 Å². The number of pyridine rings is 1. The molecular weight excluding hydrogens is 235 g/mol. The van der Waals surface area contributed by atoms with E-state index < -0.39 is 0 Å². The second-order valence-corrected chi connectivity index (χ2v) is 4.56. The van der Waals surface area contributed by atoms with Crippen molar-refractivity contribution in [1.82, 2.24) is 4.98 Å². The van der Waals surface area contributed by atoms with Crippen molar-refractivity contribution in [3.05, 3.63) is 22.8 Å². The second-order valence-electron chi connectivity index (χ2n) is 3.58. The first-order chi connectivity index (χ1) is 7.08. The minimum absolute atomic E-state index is 0.00224. The summed E-state index contributed by atoms with van der Waals surface area (Å²) in [5.74, 6) is 0.584. The van der Waals surface area contributed by atoms with Crippen molar-refractivity contribution in [1.29, 1.82) is 0 Å². The largest absolute Gasteiger partial charge is 0.295 e. The molecule has 0 bridgehead atoms. The van der Waals surface area contributed by atoms with E-state index in [4.69, 9.17) is 23.2 Å². The van der Waals surface area contributed by atoms with Crippen LogP contribution in [0, 0.1) is 6.92 Å². The van der Waals surface area contributed by atoms with Gasteiger partial charge in [-0.1, -0.05) is 17.7 Å². The number of rotatable bonds is 1. The molecule has 1 aromatic heterocycles. The number of nitrogens with zero attached hydrogens (tertiary/aromatic N) is 2. The molecule has 2 rings (SSSR count). The Hall–Kier alpha value is -0.800. The molecule has 1 saturated heterocycles. The highest BCUT2D eigenvalue weighted by molar-refractivity contribution is 6.30. The van der Waals surface area contributed by atoms with Crippen molar-refractivity contribution in [3.8, 4) is 0 Å². The van der Waals surface area contributed by atoms with E-state index in [9.17, 15) is 4.79 Å². The van der Waals surface area contributed by atoms with Crippen molar-refractivity contribution in [2.45, 2.75) is 18.7 Å². The average molecular weight is 245 g/mol. The van der Waals surface area contributed by atoms with Crippen LogP contribution in [0.1, 0.15) is 12.0 Å². The molecule has 3 nitrogen and oxygen atoms in total. The Bertz CT molecular complexity index is 408. The molecule has 2 heterocycles. The van der Waals surface area contributed by atoms with E-state index >= 15 is 0 Å². The van der Waals surface area contributed by atoms with Crippen molar-refractivity contribution < 1.29 is 4.79 Å². The number of anilines is 1. The number of hydrogen-bond donors (Lipinski definition) is 0. The first-order valence-corrected chi connectivity index (χ1v) is 5.47. The molecule has 1 unspecified atom stereocenters. The summed E-state index contributed by atoms with van der Waals surface area (Å²) < 4.78 is 0. The lowest BCUT2D eigenvalue weighted by atomic mass is 10.3. The van der Waals surface area contributed by atoms with E-state index in [0.29, 0.717) is 23.9 Å². The van der Waals surface area contributed by atoms with Crippen molar-refractivity contribution in [3.63, 3.8) is 0 Å². The van der Waals surface area contributed by atoms with Gasteiger partial charge in [0.05, 0.1) is 5.38 Å². The van der Waals surface area contributed by atoms with Crippen LogP contribution in [-0.2, 0) is 4.79 Å². The predicted octanol–water partition coefficient (Wildman–Crippen LogP) is 2.39. The minimum Gasteiger partial charge on any atom is -0.295 e. The van der Waals surface area contributed by atoms with E-state index in [0.717, 1.165) is 5.56 Å². The summed E-state index contributed by atoms with van der Waals surface area (Å²) in [5, 5.41) is 0.303. The Morgan fingerprint density at radius 1 is 1.53 bits per heavy atom. The third kappa shape index (κ3) is 2.08. The lowest BCUT2D eigenvalue weighted by Crippen LogP contribution is -2.25. The highest BCUT2D eigenvalue weighted by Crippen LogP contribution is 2.24. The maximum Gasteiger partial charge on any atom is 0.229 e. The Balaban J connectivity index is 2.30. The maximum absolute atomic E-state index is 11.5. The molecule has 0 aliphatic carbocycles. The molecule has 1 aliphatic heterocycles. The molecule has 0 aromatic carbocycles. The Morgan fingerprint density at radius 2 is 2.27 bits per heavy atom. The third-order valence-corrected chi connectivity index (χ3v) is 3.05. The van der Waals surface area contributed by atoms with Gasteiger partial charge in [0.2, 0.25) is 5.91 Å². The summed E-state index contributed by atoms with van der Waals surface area (Å²) in [6.45, 7) is 2.38. The molecule has 0 radical (unpaired) electrons. The number of aromatic nitrogens is 1. The predicted molar refractivity (Wildman–Crippen MR) is 60.6 cm³/mol. The number of carbonyl (C=O) groups excluding carboxylic acids is 1. The topological polar surface area (TPSA) is 33.2 Å².